The second kappa shape index (κ2) is 5.46. The molecule has 0 aromatic heterocycles. The van der Waals surface area contributed by atoms with Gasteiger partial charge in [-0.05, 0) is 44.1 Å². The van der Waals surface area contributed by atoms with E-state index in [1.165, 1.54) is 11.1 Å². The third kappa shape index (κ3) is 4.33. The zero-order valence-corrected chi connectivity index (χ0v) is 11.8. The molecule has 0 aliphatic rings. The van der Waals surface area contributed by atoms with Gasteiger partial charge in [0.1, 0.15) is 0 Å². The van der Waals surface area contributed by atoms with Crippen molar-refractivity contribution in [1.82, 2.24) is 0 Å². The monoisotopic (exact) mass is 234 g/mol. The summed E-state index contributed by atoms with van der Waals surface area (Å²) in [6.07, 6.45) is 0.310. The van der Waals surface area contributed by atoms with Gasteiger partial charge in [0.05, 0.1) is 0 Å². The standard InChI is InChI=1S/C14H22OSi/c1-12(2)15-16(4,5)11-13(3)14-9-7-6-8-10-14/h6-10,12H,3,11H2,1-2,4-5H3. The Labute approximate surface area is 100 Å². The van der Waals surface area contributed by atoms with E-state index in [4.69, 9.17) is 4.43 Å². The van der Waals surface area contributed by atoms with Crippen LogP contribution in [0.1, 0.15) is 19.4 Å². The zero-order valence-electron chi connectivity index (χ0n) is 10.8. The summed E-state index contributed by atoms with van der Waals surface area (Å²) in [5.41, 5.74) is 2.42. The number of hydrogen-bond acceptors (Lipinski definition) is 1. The largest absolute Gasteiger partial charge is 0.415 e. The first-order valence-corrected chi connectivity index (χ1v) is 8.93. The second-order valence-corrected chi connectivity index (χ2v) is 9.18. The summed E-state index contributed by atoms with van der Waals surface area (Å²) < 4.78 is 6.01. The van der Waals surface area contributed by atoms with Gasteiger partial charge in [0.15, 0.2) is 8.32 Å². The van der Waals surface area contributed by atoms with Crippen molar-refractivity contribution in [3.05, 3.63) is 42.5 Å². The average molecular weight is 234 g/mol. The maximum Gasteiger partial charge on any atom is 0.191 e. The van der Waals surface area contributed by atoms with Gasteiger partial charge < -0.3 is 4.43 Å². The molecular weight excluding hydrogens is 212 g/mol. The average Bonchev–Trinajstić information content (AvgIpc) is 2.16. The molecule has 0 aliphatic heterocycles. The molecule has 0 atom stereocenters. The van der Waals surface area contributed by atoms with Crippen LogP contribution in [0, 0.1) is 0 Å². The van der Waals surface area contributed by atoms with Gasteiger partial charge in [-0.25, -0.2) is 0 Å². The van der Waals surface area contributed by atoms with Crippen molar-refractivity contribution >= 4 is 13.9 Å². The summed E-state index contributed by atoms with van der Waals surface area (Å²) in [4.78, 5) is 0. The molecule has 1 nitrogen and oxygen atoms in total. The Morgan fingerprint density at radius 3 is 2.31 bits per heavy atom. The van der Waals surface area contributed by atoms with Gasteiger partial charge in [0, 0.05) is 6.10 Å². The lowest BCUT2D eigenvalue weighted by Crippen LogP contribution is -2.33. The highest BCUT2D eigenvalue weighted by atomic mass is 28.4. The van der Waals surface area contributed by atoms with Gasteiger partial charge in [0.25, 0.3) is 0 Å². The van der Waals surface area contributed by atoms with Crippen LogP contribution in [-0.2, 0) is 4.43 Å². The van der Waals surface area contributed by atoms with E-state index >= 15 is 0 Å². The van der Waals surface area contributed by atoms with Crippen molar-refractivity contribution in [3.8, 4) is 0 Å². The molecule has 1 rings (SSSR count). The van der Waals surface area contributed by atoms with E-state index < -0.39 is 8.32 Å². The SMILES string of the molecule is C=C(C[Si](C)(C)OC(C)C)c1ccccc1. The van der Waals surface area contributed by atoms with Crippen LogP contribution in [0.5, 0.6) is 0 Å². The van der Waals surface area contributed by atoms with E-state index in [-0.39, 0.29) is 0 Å². The minimum absolute atomic E-state index is 0.310. The lowest BCUT2D eigenvalue weighted by molar-refractivity contribution is 0.233. The van der Waals surface area contributed by atoms with Gasteiger partial charge in [0.2, 0.25) is 0 Å². The molecule has 0 saturated carbocycles. The van der Waals surface area contributed by atoms with E-state index in [2.05, 4.69) is 57.8 Å². The predicted molar refractivity (Wildman–Crippen MR) is 74.0 cm³/mol. The second-order valence-electron chi connectivity index (χ2n) is 5.07. The highest BCUT2D eigenvalue weighted by molar-refractivity contribution is 6.72. The lowest BCUT2D eigenvalue weighted by atomic mass is 10.1. The maximum atomic E-state index is 6.01. The van der Waals surface area contributed by atoms with E-state index in [9.17, 15) is 0 Å². The number of rotatable bonds is 5. The van der Waals surface area contributed by atoms with E-state index in [1.807, 2.05) is 6.07 Å². The molecule has 0 N–H and O–H groups in total. The van der Waals surface area contributed by atoms with Crippen LogP contribution in [0.2, 0.25) is 19.1 Å². The molecule has 1 aromatic rings. The van der Waals surface area contributed by atoms with Gasteiger partial charge in [-0.2, -0.15) is 0 Å². The third-order valence-electron chi connectivity index (χ3n) is 2.38. The predicted octanol–water partition coefficient (Wildman–Crippen LogP) is 4.33. The first-order chi connectivity index (χ1) is 7.41. The van der Waals surface area contributed by atoms with Crippen molar-refractivity contribution < 1.29 is 4.43 Å². The molecule has 16 heavy (non-hydrogen) atoms. The molecule has 0 radical (unpaired) electrons. The van der Waals surface area contributed by atoms with Gasteiger partial charge in [-0.3, -0.25) is 0 Å². The van der Waals surface area contributed by atoms with Gasteiger partial charge in [-0.1, -0.05) is 36.9 Å². The van der Waals surface area contributed by atoms with Gasteiger partial charge >= 0.3 is 0 Å². The maximum absolute atomic E-state index is 6.01. The van der Waals surface area contributed by atoms with Crippen LogP contribution < -0.4 is 0 Å². The summed E-state index contributed by atoms with van der Waals surface area (Å²) in [7, 11) is -1.61. The zero-order chi connectivity index (χ0) is 12.2. The molecule has 1 aromatic carbocycles. The summed E-state index contributed by atoms with van der Waals surface area (Å²) in [5, 5.41) is 0. The normalized spacial score (nSPS) is 11.8. The first kappa shape index (κ1) is 13.2. The molecule has 0 aliphatic carbocycles. The Morgan fingerprint density at radius 1 is 1.25 bits per heavy atom. The van der Waals surface area contributed by atoms with Crippen LogP contribution in [0.15, 0.2) is 36.9 Å². The third-order valence-corrected chi connectivity index (χ3v) is 4.76. The van der Waals surface area contributed by atoms with Crippen LogP contribution in [0.25, 0.3) is 5.57 Å². The molecule has 88 valence electrons. The molecule has 0 amide bonds. The van der Waals surface area contributed by atoms with E-state index in [0.717, 1.165) is 6.04 Å². The minimum atomic E-state index is -1.61. The Balaban J connectivity index is 2.64. The van der Waals surface area contributed by atoms with Crippen LogP contribution in [0.3, 0.4) is 0 Å². The summed E-state index contributed by atoms with van der Waals surface area (Å²) in [6.45, 7) is 12.9. The molecule has 0 spiro atoms. The molecule has 0 unspecified atom stereocenters. The van der Waals surface area contributed by atoms with Crippen LogP contribution >= 0.6 is 0 Å². The van der Waals surface area contributed by atoms with E-state index in [1.54, 1.807) is 0 Å². The fraction of sp³-hybridized carbons (Fsp3) is 0.429. The number of benzene rings is 1. The van der Waals surface area contributed by atoms with Crippen molar-refractivity contribution in [2.45, 2.75) is 39.1 Å². The summed E-state index contributed by atoms with van der Waals surface area (Å²) in [5.74, 6) is 0. The number of hydrogen-bond donors (Lipinski definition) is 0. The number of allylic oxidation sites excluding steroid dienone is 1. The lowest BCUT2D eigenvalue weighted by Gasteiger charge is -2.26. The smallest absolute Gasteiger partial charge is 0.191 e. The summed E-state index contributed by atoms with van der Waals surface area (Å²) in [6, 6.07) is 11.4. The Morgan fingerprint density at radius 2 is 1.81 bits per heavy atom. The Hall–Kier alpha value is -0.863. The molecule has 0 fully saturated rings. The molecular formula is C14H22OSi. The van der Waals surface area contributed by atoms with Crippen molar-refractivity contribution in [2.75, 3.05) is 0 Å². The fourth-order valence-corrected chi connectivity index (χ4v) is 4.56. The van der Waals surface area contributed by atoms with Crippen molar-refractivity contribution in [2.24, 2.45) is 0 Å². The Kier molecular flexibility index (Phi) is 4.51. The highest BCUT2D eigenvalue weighted by Gasteiger charge is 2.25. The minimum Gasteiger partial charge on any atom is -0.415 e. The van der Waals surface area contributed by atoms with Crippen LogP contribution in [-0.4, -0.2) is 14.4 Å². The fourth-order valence-electron chi connectivity index (χ4n) is 1.97. The first-order valence-electron chi connectivity index (χ1n) is 5.82. The van der Waals surface area contributed by atoms with Crippen molar-refractivity contribution in [1.29, 1.82) is 0 Å². The molecule has 0 bridgehead atoms. The molecule has 2 heteroatoms. The molecule has 0 saturated heterocycles. The molecule has 0 heterocycles. The van der Waals surface area contributed by atoms with Gasteiger partial charge in [-0.15, -0.1) is 0 Å². The Bertz CT molecular complexity index is 341. The highest BCUT2D eigenvalue weighted by Crippen LogP contribution is 2.25. The summed E-state index contributed by atoms with van der Waals surface area (Å²) >= 11 is 0. The van der Waals surface area contributed by atoms with Crippen molar-refractivity contribution in [3.63, 3.8) is 0 Å². The topological polar surface area (TPSA) is 9.23 Å². The van der Waals surface area contributed by atoms with E-state index in [0.29, 0.717) is 6.10 Å². The quantitative estimate of drug-likeness (QED) is 0.689. The van der Waals surface area contributed by atoms with Crippen LogP contribution in [0.4, 0.5) is 0 Å².